The SMILES string of the molecule is O=C1C2=CC=CCN2C(CC(F)(F)F)N(O)C1c1ccc(F)cc1. The van der Waals surface area contributed by atoms with Gasteiger partial charge < -0.3 is 10.1 Å². The van der Waals surface area contributed by atoms with Gasteiger partial charge >= 0.3 is 6.18 Å². The van der Waals surface area contributed by atoms with Gasteiger partial charge in [0.05, 0.1) is 12.1 Å². The summed E-state index contributed by atoms with van der Waals surface area (Å²) in [5.74, 6) is -1.08. The summed E-state index contributed by atoms with van der Waals surface area (Å²) in [6.45, 7) is 0.0888. The highest BCUT2D eigenvalue weighted by molar-refractivity contribution is 6.00. The number of nitrogens with zero attached hydrogens (tertiary/aromatic N) is 2. The van der Waals surface area contributed by atoms with Crippen molar-refractivity contribution in [3.05, 3.63) is 59.6 Å². The Balaban J connectivity index is 2.02. The number of benzene rings is 1. The maximum Gasteiger partial charge on any atom is 0.392 e. The van der Waals surface area contributed by atoms with Crippen molar-refractivity contribution in [2.75, 3.05) is 6.54 Å². The van der Waals surface area contributed by atoms with Gasteiger partial charge in [0.15, 0.2) is 0 Å². The fourth-order valence-corrected chi connectivity index (χ4v) is 2.97. The van der Waals surface area contributed by atoms with Crippen LogP contribution >= 0.6 is 0 Å². The maximum atomic E-state index is 13.1. The third-order valence-electron chi connectivity index (χ3n) is 4.03. The zero-order chi connectivity index (χ0) is 17.5. The molecule has 0 amide bonds. The van der Waals surface area contributed by atoms with Gasteiger partial charge in [-0.05, 0) is 23.8 Å². The molecule has 1 aromatic carbocycles. The van der Waals surface area contributed by atoms with E-state index in [4.69, 9.17) is 0 Å². The number of rotatable bonds is 2. The summed E-state index contributed by atoms with van der Waals surface area (Å²) in [5, 5.41) is 10.8. The molecule has 0 radical (unpaired) electrons. The lowest BCUT2D eigenvalue weighted by Gasteiger charge is -2.47. The minimum atomic E-state index is -4.52. The second-order valence-electron chi connectivity index (χ2n) is 5.63. The van der Waals surface area contributed by atoms with Crippen LogP contribution < -0.4 is 0 Å². The van der Waals surface area contributed by atoms with Crippen LogP contribution in [0.1, 0.15) is 18.0 Å². The zero-order valence-electron chi connectivity index (χ0n) is 12.4. The van der Waals surface area contributed by atoms with Crippen molar-refractivity contribution in [1.29, 1.82) is 0 Å². The molecule has 4 nitrogen and oxygen atoms in total. The van der Waals surface area contributed by atoms with Crippen LogP contribution in [0.3, 0.4) is 0 Å². The number of halogens is 4. The van der Waals surface area contributed by atoms with E-state index in [-0.39, 0.29) is 17.8 Å². The van der Waals surface area contributed by atoms with Gasteiger partial charge in [-0.1, -0.05) is 24.3 Å². The van der Waals surface area contributed by atoms with Crippen LogP contribution in [-0.2, 0) is 4.79 Å². The Morgan fingerprint density at radius 3 is 2.50 bits per heavy atom. The molecule has 0 aliphatic carbocycles. The van der Waals surface area contributed by atoms with E-state index in [1.165, 1.54) is 23.1 Å². The molecule has 2 aliphatic heterocycles. The molecule has 1 saturated heterocycles. The molecule has 1 fully saturated rings. The molecule has 3 rings (SSSR count). The van der Waals surface area contributed by atoms with E-state index in [1.54, 1.807) is 12.2 Å². The lowest BCUT2D eigenvalue weighted by Crippen LogP contribution is -2.58. The summed E-state index contributed by atoms with van der Waals surface area (Å²) in [6.07, 6.45) is -2.65. The van der Waals surface area contributed by atoms with E-state index in [9.17, 15) is 27.6 Å². The maximum absolute atomic E-state index is 13.1. The number of allylic oxidation sites excluding steroid dienone is 2. The van der Waals surface area contributed by atoms with Gasteiger partial charge in [0, 0.05) is 6.54 Å². The average Bonchev–Trinajstić information content (AvgIpc) is 2.52. The average molecular weight is 342 g/mol. The summed E-state index contributed by atoms with van der Waals surface area (Å²) in [4.78, 5) is 13.9. The number of hydrogen-bond acceptors (Lipinski definition) is 4. The van der Waals surface area contributed by atoms with Crippen molar-refractivity contribution >= 4 is 5.78 Å². The summed E-state index contributed by atoms with van der Waals surface area (Å²) in [7, 11) is 0. The van der Waals surface area contributed by atoms with Crippen molar-refractivity contribution in [3.63, 3.8) is 0 Å². The summed E-state index contributed by atoms with van der Waals surface area (Å²) in [6, 6.07) is 3.43. The van der Waals surface area contributed by atoms with Crippen LogP contribution in [0.4, 0.5) is 17.6 Å². The van der Waals surface area contributed by atoms with Crippen LogP contribution in [0.15, 0.2) is 48.2 Å². The summed E-state index contributed by atoms with van der Waals surface area (Å²) >= 11 is 0. The Morgan fingerprint density at radius 1 is 1.21 bits per heavy atom. The van der Waals surface area contributed by atoms with E-state index < -0.39 is 36.4 Å². The number of hydroxylamine groups is 2. The zero-order valence-corrected chi connectivity index (χ0v) is 12.4. The van der Waals surface area contributed by atoms with Gasteiger partial charge in [-0.3, -0.25) is 4.79 Å². The molecule has 128 valence electrons. The van der Waals surface area contributed by atoms with Gasteiger partial charge in [-0.15, -0.1) is 0 Å². The van der Waals surface area contributed by atoms with E-state index in [1.807, 2.05) is 0 Å². The standard InChI is InChI=1S/C16H14F4N2O2/c17-11-6-4-10(5-7-11)14-15(23)12-3-1-2-8-21(12)13(22(14)24)9-16(18,19)20/h1-7,13-14,24H,8-9H2. The van der Waals surface area contributed by atoms with Crippen LogP contribution in [0, 0.1) is 5.82 Å². The van der Waals surface area contributed by atoms with E-state index in [0.717, 1.165) is 12.1 Å². The first-order chi connectivity index (χ1) is 11.3. The predicted molar refractivity (Wildman–Crippen MR) is 76.2 cm³/mol. The third-order valence-corrected chi connectivity index (χ3v) is 4.03. The molecular formula is C16H14F4N2O2. The van der Waals surface area contributed by atoms with Gasteiger partial charge in [-0.2, -0.15) is 18.2 Å². The fourth-order valence-electron chi connectivity index (χ4n) is 2.97. The molecule has 0 saturated carbocycles. The van der Waals surface area contributed by atoms with Gasteiger partial charge in [0.25, 0.3) is 0 Å². The molecule has 0 aromatic heterocycles. The molecule has 8 heteroatoms. The molecular weight excluding hydrogens is 328 g/mol. The van der Waals surface area contributed by atoms with Crippen LogP contribution in [0.25, 0.3) is 0 Å². The monoisotopic (exact) mass is 342 g/mol. The van der Waals surface area contributed by atoms with E-state index in [0.29, 0.717) is 5.06 Å². The van der Waals surface area contributed by atoms with Crippen LogP contribution in [0.5, 0.6) is 0 Å². The molecule has 1 aromatic rings. The molecule has 2 heterocycles. The van der Waals surface area contributed by atoms with E-state index >= 15 is 0 Å². The minimum absolute atomic E-state index is 0.0888. The number of alkyl halides is 3. The van der Waals surface area contributed by atoms with Gasteiger partial charge in [0.2, 0.25) is 5.78 Å². The summed E-state index contributed by atoms with van der Waals surface area (Å²) in [5.41, 5.74) is 0.331. The second kappa shape index (κ2) is 6.03. The number of ketones is 1. The van der Waals surface area contributed by atoms with Gasteiger partial charge in [0.1, 0.15) is 18.0 Å². The Bertz CT molecular complexity index is 697. The Morgan fingerprint density at radius 2 is 1.88 bits per heavy atom. The molecule has 2 unspecified atom stereocenters. The Hall–Kier alpha value is -2.19. The van der Waals surface area contributed by atoms with Crippen molar-refractivity contribution in [1.82, 2.24) is 9.96 Å². The van der Waals surface area contributed by atoms with E-state index in [2.05, 4.69) is 0 Å². The van der Waals surface area contributed by atoms with Gasteiger partial charge in [-0.25, -0.2) is 4.39 Å². The van der Waals surface area contributed by atoms with Crippen LogP contribution in [0.2, 0.25) is 0 Å². The lowest BCUT2D eigenvalue weighted by molar-refractivity contribution is -0.241. The first kappa shape index (κ1) is 16.7. The smallest absolute Gasteiger partial charge is 0.347 e. The number of carbonyl (C=O) groups is 1. The van der Waals surface area contributed by atoms with Crippen molar-refractivity contribution in [3.8, 4) is 0 Å². The molecule has 2 atom stereocenters. The lowest BCUT2D eigenvalue weighted by atomic mass is 9.94. The first-order valence-corrected chi connectivity index (χ1v) is 7.25. The van der Waals surface area contributed by atoms with Crippen molar-refractivity contribution in [2.24, 2.45) is 0 Å². The third kappa shape index (κ3) is 3.07. The Kier molecular flexibility index (Phi) is 4.18. The quantitative estimate of drug-likeness (QED) is 0.839. The molecule has 24 heavy (non-hydrogen) atoms. The molecule has 0 bridgehead atoms. The van der Waals surface area contributed by atoms with Crippen LogP contribution in [-0.4, -0.2) is 39.8 Å². The topological polar surface area (TPSA) is 43.8 Å². The highest BCUT2D eigenvalue weighted by Crippen LogP contribution is 2.38. The minimum Gasteiger partial charge on any atom is -0.347 e. The number of carbonyl (C=O) groups excluding carboxylic acids is 1. The summed E-state index contributed by atoms with van der Waals surface area (Å²) < 4.78 is 51.8. The second-order valence-corrected chi connectivity index (χ2v) is 5.63. The predicted octanol–water partition coefficient (Wildman–Crippen LogP) is 3.17. The van der Waals surface area contributed by atoms with Crippen molar-refractivity contribution < 1.29 is 27.6 Å². The largest absolute Gasteiger partial charge is 0.392 e. The number of Topliss-reactive ketones (excluding diaryl/α,β-unsaturated/α-hetero) is 1. The van der Waals surface area contributed by atoms with Crippen molar-refractivity contribution in [2.45, 2.75) is 24.8 Å². The highest BCUT2D eigenvalue weighted by atomic mass is 19.4. The number of fused-ring (bicyclic) bond motifs is 1. The Labute approximate surface area is 135 Å². The number of hydrogen-bond donors (Lipinski definition) is 1. The molecule has 0 spiro atoms. The normalized spacial score (nSPS) is 24.8. The molecule has 2 aliphatic rings. The highest BCUT2D eigenvalue weighted by Gasteiger charge is 2.48. The molecule has 1 N–H and O–H groups in total. The first-order valence-electron chi connectivity index (χ1n) is 7.25. The fraction of sp³-hybridized carbons (Fsp3) is 0.312.